The Hall–Kier alpha value is -2.02. The molecule has 1 aromatic carbocycles. The molecule has 1 aromatic heterocycles. The largest absolute Gasteiger partial charge is 0.416 e. The van der Waals surface area contributed by atoms with Gasteiger partial charge in [0.15, 0.2) is 4.34 Å². The molecule has 0 saturated carbocycles. The maximum atomic E-state index is 12.8. The van der Waals surface area contributed by atoms with E-state index >= 15 is 0 Å². The second kappa shape index (κ2) is 7.70. The van der Waals surface area contributed by atoms with Crippen LogP contribution in [0.2, 0.25) is 0 Å². The summed E-state index contributed by atoms with van der Waals surface area (Å²) in [5.41, 5.74) is 1.80. The summed E-state index contributed by atoms with van der Waals surface area (Å²) in [4.78, 5) is 11.8. The van der Waals surface area contributed by atoms with Gasteiger partial charge < -0.3 is 11.1 Å². The standard InChI is InChI=1S/C13H10F6N4OS2/c14-12(15,16)6-3-7(13(17,18)19)5-8(4-6)21-9(24)1-2-25-11-23-22-10(20)26-11/h3-5H,1-2H2,(H2,20,22)(H,21,24). The van der Waals surface area contributed by atoms with Gasteiger partial charge in [-0.15, -0.1) is 10.2 Å². The number of carbonyl (C=O) groups is 1. The second-order valence-electron chi connectivity index (χ2n) is 4.85. The van der Waals surface area contributed by atoms with Crippen molar-refractivity contribution in [1.82, 2.24) is 10.2 Å². The molecule has 5 nitrogen and oxygen atoms in total. The van der Waals surface area contributed by atoms with Gasteiger partial charge in [0.2, 0.25) is 11.0 Å². The quantitative estimate of drug-likeness (QED) is 0.562. The molecule has 2 rings (SSSR count). The van der Waals surface area contributed by atoms with Crippen LogP contribution in [0.25, 0.3) is 0 Å². The Morgan fingerprint density at radius 1 is 1.08 bits per heavy atom. The summed E-state index contributed by atoms with van der Waals surface area (Å²) in [7, 11) is 0. The van der Waals surface area contributed by atoms with Crippen molar-refractivity contribution in [2.75, 3.05) is 16.8 Å². The number of nitrogens with two attached hydrogens (primary N) is 1. The number of carbonyl (C=O) groups excluding carboxylic acids is 1. The average molecular weight is 416 g/mol. The molecule has 0 aliphatic carbocycles. The molecule has 1 heterocycles. The number of anilines is 2. The van der Waals surface area contributed by atoms with Crippen LogP contribution in [0, 0.1) is 0 Å². The Morgan fingerprint density at radius 3 is 2.12 bits per heavy atom. The number of rotatable bonds is 5. The van der Waals surface area contributed by atoms with Crippen molar-refractivity contribution in [1.29, 1.82) is 0 Å². The lowest BCUT2D eigenvalue weighted by atomic mass is 10.1. The third-order valence-corrected chi connectivity index (χ3v) is 4.74. The van der Waals surface area contributed by atoms with E-state index in [0.29, 0.717) is 16.5 Å². The molecule has 1 amide bonds. The zero-order chi connectivity index (χ0) is 19.5. The van der Waals surface area contributed by atoms with Gasteiger partial charge in [-0.2, -0.15) is 26.3 Å². The number of nitrogen functional groups attached to an aromatic ring is 1. The molecule has 2 aromatic rings. The lowest BCUT2D eigenvalue weighted by molar-refractivity contribution is -0.143. The van der Waals surface area contributed by atoms with Gasteiger partial charge >= 0.3 is 12.4 Å². The molecule has 0 aliphatic heterocycles. The zero-order valence-electron chi connectivity index (χ0n) is 12.6. The van der Waals surface area contributed by atoms with E-state index < -0.39 is 35.1 Å². The topological polar surface area (TPSA) is 80.9 Å². The minimum absolute atomic E-state index is 0.00856. The van der Waals surface area contributed by atoms with Crippen LogP contribution in [-0.2, 0) is 17.1 Å². The molecule has 3 N–H and O–H groups in total. The number of nitrogens with zero attached hydrogens (tertiary/aromatic N) is 2. The molecular formula is C13H10F6N4OS2. The number of aromatic nitrogens is 2. The first-order valence-corrected chi connectivity index (χ1v) is 8.56. The van der Waals surface area contributed by atoms with Gasteiger partial charge in [-0.1, -0.05) is 23.1 Å². The predicted molar refractivity (Wildman–Crippen MR) is 84.7 cm³/mol. The smallest absolute Gasteiger partial charge is 0.374 e. The number of nitrogens with one attached hydrogen (secondary N) is 1. The van der Waals surface area contributed by atoms with Crippen LogP contribution < -0.4 is 11.1 Å². The van der Waals surface area contributed by atoms with Crippen LogP contribution in [0.4, 0.5) is 37.2 Å². The number of benzene rings is 1. The summed E-state index contributed by atoms with van der Waals surface area (Å²) in [6, 6.07) is 0.892. The summed E-state index contributed by atoms with van der Waals surface area (Å²) >= 11 is 2.23. The third kappa shape index (κ3) is 5.76. The van der Waals surface area contributed by atoms with Gasteiger partial charge in [0.05, 0.1) is 11.1 Å². The van der Waals surface area contributed by atoms with Crippen LogP contribution in [0.3, 0.4) is 0 Å². The number of alkyl halides is 6. The Balaban J connectivity index is 2.06. The highest BCUT2D eigenvalue weighted by atomic mass is 32.2. The van der Waals surface area contributed by atoms with E-state index in [1.54, 1.807) is 0 Å². The Labute approximate surface area is 151 Å². The number of halogens is 6. The molecule has 0 bridgehead atoms. The average Bonchev–Trinajstić information content (AvgIpc) is 2.90. The van der Waals surface area contributed by atoms with Gasteiger partial charge in [-0.05, 0) is 18.2 Å². The Kier molecular flexibility index (Phi) is 6.01. The maximum Gasteiger partial charge on any atom is 0.416 e. The van der Waals surface area contributed by atoms with Crippen molar-refractivity contribution >= 4 is 39.8 Å². The number of amides is 1. The maximum absolute atomic E-state index is 12.8. The molecule has 0 saturated heterocycles. The van der Waals surface area contributed by atoms with E-state index in [2.05, 4.69) is 10.2 Å². The molecule has 0 radical (unpaired) electrons. The predicted octanol–water partition coefficient (Wildman–Crippen LogP) is 4.28. The fourth-order valence-corrected chi connectivity index (χ4v) is 3.41. The fraction of sp³-hybridized carbons (Fsp3) is 0.308. The number of thioether (sulfide) groups is 1. The molecule has 142 valence electrons. The summed E-state index contributed by atoms with van der Waals surface area (Å²) in [6.07, 6.45) is -10.1. The highest BCUT2D eigenvalue weighted by Gasteiger charge is 2.37. The number of hydrogen-bond acceptors (Lipinski definition) is 6. The van der Waals surface area contributed by atoms with Crippen molar-refractivity contribution in [3.05, 3.63) is 29.3 Å². The van der Waals surface area contributed by atoms with Gasteiger partial charge in [0.25, 0.3) is 0 Å². The van der Waals surface area contributed by atoms with E-state index in [9.17, 15) is 31.1 Å². The third-order valence-electron chi connectivity index (χ3n) is 2.85. The van der Waals surface area contributed by atoms with Crippen molar-refractivity contribution in [2.45, 2.75) is 23.1 Å². The first kappa shape index (κ1) is 20.3. The highest BCUT2D eigenvalue weighted by Crippen LogP contribution is 2.37. The second-order valence-corrected chi connectivity index (χ2v) is 7.20. The summed E-state index contributed by atoms with van der Waals surface area (Å²) < 4.78 is 77.1. The normalized spacial score (nSPS) is 12.2. The summed E-state index contributed by atoms with van der Waals surface area (Å²) in [5.74, 6) is -0.534. The molecule has 0 aliphatic rings. The van der Waals surface area contributed by atoms with Gasteiger partial charge in [0, 0.05) is 17.9 Å². The first-order chi connectivity index (χ1) is 11.9. The summed E-state index contributed by atoms with van der Waals surface area (Å²) in [6.45, 7) is 0. The van der Waals surface area contributed by atoms with Crippen molar-refractivity contribution < 1.29 is 31.1 Å². The minimum atomic E-state index is -4.98. The first-order valence-electron chi connectivity index (χ1n) is 6.76. The van der Waals surface area contributed by atoms with Crippen LogP contribution in [0.1, 0.15) is 17.5 Å². The molecule has 26 heavy (non-hydrogen) atoms. The van der Waals surface area contributed by atoms with E-state index in [0.717, 1.165) is 23.1 Å². The van der Waals surface area contributed by atoms with E-state index in [-0.39, 0.29) is 23.4 Å². The van der Waals surface area contributed by atoms with Crippen molar-refractivity contribution in [3.8, 4) is 0 Å². The zero-order valence-corrected chi connectivity index (χ0v) is 14.2. The molecule has 0 unspecified atom stereocenters. The molecular weight excluding hydrogens is 406 g/mol. The lowest BCUT2D eigenvalue weighted by Crippen LogP contribution is -2.16. The molecule has 0 spiro atoms. The van der Waals surface area contributed by atoms with Gasteiger partial charge in [0.1, 0.15) is 0 Å². The number of hydrogen-bond donors (Lipinski definition) is 2. The summed E-state index contributed by atoms with van der Waals surface area (Å²) in [5, 5.41) is 9.54. The lowest BCUT2D eigenvalue weighted by Gasteiger charge is -2.14. The van der Waals surface area contributed by atoms with Crippen molar-refractivity contribution in [3.63, 3.8) is 0 Å². The monoisotopic (exact) mass is 416 g/mol. The van der Waals surface area contributed by atoms with Crippen LogP contribution in [-0.4, -0.2) is 21.9 Å². The van der Waals surface area contributed by atoms with Gasteiger partial charge in [-0.3, -0.25) is 4.79 Å². The Morgan fingerprint density at radius 2 is 1.65 bits per heavy atom. The fourth-order valence-electron chi connectivity index (χ4n) is 1.76. The van der Waals surface area contributed by atoms with Crippen LogP contribution in [0.15, 0.2) is 22.5 Å². The van der Waals surface area contributed by atoms with Crippen molar-refractivity contribution in [2.24, 2.45) is 0 Å². The van der Waals surface area contributed by atoms with E-state index in [4.69, 9.17) is 5.73 Å². The minimum Gasteiger partial charge on any atom is -0.374 e. The van der Waals surface area contributed by atoms with Crippen LogP contribution >= 0.6 is 23.1 Å². The van der Waals surface area contributed by atoms with E-state index in [1.807, 2.05) is 5.32 Å². The molecule has 13 heteroatoms. The molecule has 0 fully saturated rings. The highest BCUT2D eigenvalue weighted by molar-refractivity contribution is 8.01. The van der Waals surface area contributed by atoms with Crippen LogP contribution in [0.5, 0.6) is 0 Å². The van der Waals surface area contributed by atoms with Gasteiger partial charge in [-0.25, -0.2) is 0 Å². The Bertz CT molecular complexity index is 757. The van der Waals surface area contributed by atoms with E-state index in [1.165, 1.54) is 0 Å². The molecule has 0 atom stereocenters. The SMILES string of the molecule is Nc1nnc(SCCC(=O)Nc2cc(C(F)(F)F)cc(C(F)(F)F)c2)s1.